The lowest BCUT2D eigenvalue weighted by Gasteiger charge is -2.24. The third-order valence-corrected chi connectivity index (χ3v) is 5.20. The van der Waals surface area contributed by atoms with Gasteiger partial charge in [-0.1, -0.05) is 0 Å². The van der Waals surface area contributed by atoms with Crippen LogP contribution in [0.1, 0.15) is 18.4 Å². The fourth-order valence-corrected chi connectivity index (χ4v) is 3.24. The van der Waals surface area contributed by atoms with Crippen LogP contribution in [-0.2, 0) is 9.84 Å². The number of nitrogens with zero attached hydrogens (tertiary/aromatic N) is 2. The molecule has 0 spiro atoms. The molecule has 0 atom stereocenters. The van der Waals surface area contributed by atoms with Crippen LogP contribution in [0.4, 0.5) is 4.39 Å². The molecule has 0 unspecified atom stereocenters. The smallest absolute Gasteiger partial charge is 0.229 e. The van der Waals surface area contributed by atoms with Gasteiger partial charge in [0.15, 0.2) is 21.4 Å². The van der Waals surface area contributed by atoms with Crippen LogP contribution in [0.2, 0.25) is 0 Å². The van der Waals surface area contributed by atoms with Crippen molar-refractivity contribution in [3.63, 3.8) is 0 Å². The Balaban J connectivity index is 0.00000261. The second-order valence-corrected chi connectivity index (χ2v) is 8.16. The largest absolute Gasteiger partial charge is 0.474 e. The molecule has 1 N–H and O–H groups in total. The lowest BCUT2D eigenvalue weighted by atomic mass is 10.1. The van der Waals surface area contributed by atoms with Crippen molar-refractivity contribution in [1.29, 1.82) is 0 Å². The minimum Gasteiger partial charge on any atom is -0.474 e. The summed E-state index contributed by atoms with van der Waals surface area (Å²) in [4.78, 5) is 8.05. The first-order chi connectivity index (χ1) is 12.3. The van der Waals surface area contributed by atoms with E-state index in [1.165, 1.54) is 18.5 Å². The molecule has 7 nitrogen and oxygen atoms in total. The molecule has 0 aliphatic carbocycles. The molecule has 3 rings (SSSR count). The molecule has 0 radical (unpaired) electrons. The van der Waals surface area contributed by atoms with Gasteiger partial charge in [0.1, 0.15) is 12.4 Å². The molecule has 1 fully saturated rings. The number of rotatable bonds is 5. The van der Waals surface area contributed by atoms with Gasteiger partial charge in [-0.3, -0.25) is 0 Å². The van der Waals surface area contributed by atoms with Crippen LogP contribution in [-0.4, -0.2) is 43.8 Å². The summed E-state index contributed by atoms with van der Waals surface area (Å²) >= 11 is 0. The average molecular weight is 418 g/mol. The van der Waals surface area contributed by atoms with Gasteiger partial charge in [0.05, 0.1) is 10.5 Å². The second-order valence-electron chi connectivity index (χ2n) is 6.14. The topological polar surface area (TPSA) is 90.4 Å². The van der Waals surface area contributed by atoms with Gasteiger partial charge in [0.2, 0.25) is 11.8 Å². The van der Waals surface area contributed by atoms with E-state index < -0.39 is 15.7 Å². The van der Waals surface area contributed by atoms with Crippen LogP contribution < -0.4 is 14.8 Å². The van der Waals surface area contributed by atoms with Crippen molar-refractivity contribution in [3.05, 3.63) is 35.9 Å². The van der Waals surface area contributed by atoms with Gasteiger partial charge in [-0.05, 0) is 51.1 Å². The number of piperidine rings is 1. The van der Waals surface area contributed by atoms with Gasteiger partial charge in [-0.25, -0.2) is 22.8 Å². The molecule has 2 aromatic rings. The average Bonchev–Trinajstić information content (AvgIpc) is 2.60. The third kappa shape index (κ3) is 5.27. The van der Waals surface area contributed by atoms with E-state index in [0.29, 0.717) is 11.4 Å². The van der Waals surface area contributed by atoms with Gasteiger partial charge < -0.3 is 14.8 Å². The lowest BCUT2D eigenvalue weighted by Crippen LogP contribution is -2.34. The van der Waals surface area contributed by atoms with Crippen molar-refractivity contribution < 1.29 is 22.3 Å². The molecule has 2 heterocycles. The van der Waals surface area contributed by atoms with Crippen LogP contribution in [0.3, 0.4) is 0 Å². The summed E-state index contributed by atoms with van der Waals surface area (Å²) in [5.74, 6) is -0.344. The summed E-state index contributed by atoms with van der Waals surface area (Å²) in [6.07, 6.45) is 4.12. The maximum atomic E-state index is 14.2. The summed E-state index contributed by atoms with van der Waals surface area (Å²) in [5.41, 5.74) is 0.553. The van der Waals surface area contributed by atoms with Crippen LogP contribution >= 0.6 is 12.4 Å². The van der Waals surface area contributed by atoms with Crippen molar-refractivity contribution in [2.75, 3.05) is 19.3 Å². The first-order valence-electron chi connectivity index (χ1n) is 8.21. The van der Waals surface area contributed by atoms with Crippen molar-refractivity contribution >= 4 is 22.2 Å². The highest BCUT2D eigenvalue weighted by molar-refractivity contribution is 7.90. The highest BCUT2D eigenvalue weighted by Gasteiger charge is 2.19. The molecule has 148 valence electrons. The summed E-state index contributed by atoms with van der Waals surface area (Å²) < 4.78 is 48.6. The minimum absolute atomic E-state index is 0. The molecular formula is C17H21ClFN3O4S. The van der Waals surface area contributed by atoms with Crippen LogP contribution in [0, 0.1) is 12.7 Å². The van der Waals surface area contributed by atoms with Gasteiger partial charge in [0, 0.05) is 6.26 Å². The van der Waals surface area contributed by atoms with Crippen molar-refractivity contribution in [2.24, 2.45) is 0 Å². The summed E-state index contributed by atoms with van der Waals surface area (Å²) in [7, 11) is -3.49. The highest BCUT2D eigenvalue weighted by atomic mass is 35.5. The van der Waals surface area contributed by atoms with E-state index in [4.69, 9.17) is 9.47 Å². The highest BCUT2D eigenvalue weighted by Crippen LogP contribution is 2.30. The molecule has 27 heavy (non-hydrogen) atoms. The standard InChI is InChI=1S/C17H20FN3O4S.ClH/c1-11-16(24-12-5-7-19-8-6-12)20-10-21-17(11)25-15-4-3-13(9-14(15)18)26(2,22)23;/h3-4,9-10,12,19H,5-8H2,1-2H3;1H. The lowest BCUT2D eigenvalue weighted by molar-refractivity contribution is 0.154. The molecule has 0 saturated carbocycles. The number of sulfone groups is 1. The van der Waals surface area contributed by atoms with E-state index in [0.717, 1.165) is 38.3 Å². The number of halogens is 2. The van der Waals surface area contributed by atoms with Crippen molar-refractivity contribution in [1.82, 2.24) is 15.3 Å². The van der Waals surface area contributed by atoms with Gasteiger partial charge in [-0.2, -0.15) is 0 Å². The fraction of sp³-hybridized carbons (Fsp3) is 0.412. The molecule has 1 aliphatic heterocycles. The number of ether oxygens (including phenoxy) is 2. The quantitative estimate of drug-likeness (QED) is 0.799. The fourth-order valence-electron chi connectivity index (χ4n) is 2.61. The SMILES string of the molecule is Cc1c(Oc2ccc(S(C)(=O)=O)cc2F)ncnc1OC1CCNCC1.Cl. The normalized spacial score (nSPS) is 15.1. The monoisotopic (exact) mass is 417 g/mol. The van der Waals surface area contributed by atoms with E-state index in [1.54, 1.807) is 6.92 Å². The Hall–Kier alpha value is -1.97. The number of hydrogen-bond acceptors (Lipinski definition) is 7. The van der Waals surface area contributed by atoms with E-state index in [-0.39, 0.29) is 35.0 Å². The predicted molar refractivity (Wildman–Crippen MR) is 100 cm³/mol. The predicted octanol–water partition coefficient (Wildman–Crippen LogP) is 2.67. The summed E-state index contributed by atoms with van der Waals surface area (Å²) in [5, 5.41) is 3.26. The third-order valence-electron chi connectivity index (χ3n) is 4.09. The molecule has 1 aromatic carbocycles. The molecule has 1 aliphatic rings. The van der Waals surface area contributed by atoms with Gasteiger partial charge in [0.25, 0.3) is 0 Å². The zero-order valence-electron chi connectivity index (χ0n) is 14.9. The molecular weight excluding hydrogens is 397 g/mol. The first-order valence-corrected chi connectivity index (χ1v) is 10.1. The Morgan fingerprint density at radius 1 is 1.19 bits per heavy atom. The molecule has 0 amide bonds. The van der Waals surface area contributed by atoms with E-state index in [2.05, 4.69) is 15.3 Å². The van der Waals surface area contributed by atoms with Crippen LogP contribution in [0.25, 0.3) is 0 Å². The number of benzene rings is 1. The summed E-state index contributed by atoms with van der Waals surface area (Å²) in [6.45, 7) is 3.50. The number of hydrogen-bond donors (Lipinski definition) is 1. The molecule has 10 heteroatoms. The van der Waals surface area contributed by atoms with Crippen molar-refractivity contribution in [3.8, 4) is 17.5 Å². The Morgan fingerprint density at radius 2 is 1.85 bits per heavy atom. The zero-order chi connectivity index (χ0) is 18.7. The Morgan fingerprint density at radius 3 is 2.48 bits per heavy atom. The maximum Gasteiger partial charge on any atom is 0.229 e. The Kier molecular flexibility index (Phi) is 6.96. The van der Waals surface area contributed by atoms with Crippen molar-refractivity contribution in [2.45, 2.75) is 30.8 Å². The number of aromatic nitrogens is 2. The van der Waals surface area contributed by atoms with E-state index >= 15 is 0 Å². The van der Waals surface area contributed by atoms with E-state index in [1.807, 2.05) is 0 Å². The maximum absolute atomic E-state index is 14.2. The zero-order valence-corrected chi connectivity index (χ0v) is 16.6. The molecule has 1 saturated heterocycles. The minimum atomic E-state index is -3.49. The van der Waals surface area contributed by atoms with Gasteiger partial charge >= 0.3 is 0 Å². The second kappa shape index (κ2) is 8.81. The molecule has 0 bridgehead atoms. The van der Waals surface area contributed by atoms with Gasteiger partial charge in [-0.15, -0.1) is 12.4 Å². The molecule has 1 aromatic heterocycles. The Bertz CT molecular complexity index is 905. The van der Waals surface area contributed by atoms with Crippen LogP contribution in [0.5, 0.6) is 17.5 Å². The van der Waals surface area contributed by atoms with Crippen LogP contribution in [0.15, 0.2) is 29.4 Å². The first kappa shape index (κ1) is 21.3. The summed E-state index contributed by atoms with van der Waals surface area (Å²) in [6, 6.07) is 3.48. The van der Waals surface area contributed by atoms with E-state index in [9.17, 15) is 12.8 Å². The number of nitrogens with one attached hydrogen (secondary N) is 1. The Labute approximate surface area is 163 Å².